The lowest BCUT2D eigenvalue weighted by molar-refractivity contribution is -0.130. The van der Waals surface area contributed by atoms with Crippen LogP contribution in [0.5, 0.6) is 11.5 Å². The van der Waals surface area contributed by atoms with Crippen LogP contribution in [0.25, 0.3) is 0 Å². The van der Waals surface area contributed by atoms with Crippen LogP contribution in [0, 0.1) is 0 Å². The number of carbonyl (C=O) groups excluding carboxylic acids is 1. The predicted molar refractivity (Wildman–Crippen MR) is 86.2 cm³/mol. The van der Waals surface area contributed by atoms with Gasteiger partial charge in [0.1, 0.15) is 12.4 Å². The summed E-state index contributed by atoms with van der Waals surface area (Å²) >= 11 is 6.50. The summed E-state index contributed by atoms with van der Waals surface area (Å²) in [5.74, 6) is 1.26. The van der Waals surface area contributed by atoms with Crippen LogP contribution in [0.1, 0.15) is 5.76 Å². The minimum Gasteiger partial charge on any atom is -0.485 e. The van der Waals surface area contributed by atoms with Gasteiger partial charge < -0.3 is 13.9 Å². The van der Waals surface area contributed by atoms with Crippen LogP contribution in [-0.4, -0.2) is 24.8 Å². The highest BCUT2D eigenvalue weighted by Gasteiger charge is 2.26. The number of hydrazone groups is 1. The van der Waals surface area contributed by atoms with Crippen molar-refractivity contribution in [3.05, 3.63) is 45.2 Å². The monoisotopic (exact) mass is 428 g/mol. The van der Waals surface area contributed by atoms with Gasteiger partial charge in [0, 0.05) is 6.07 Å². The number of fused-ring (bicyclic) bond motifs is 1. The molecule has 3 rings (SSSR count). The second-order valence-electron chi connectivity index (χ2n) is 4.37. The lowest BCUT2D eigenvalue weighted by Crippen LogP contribution is -2.42. The van der Waals surface area contributed by atoms with Gasteiger partial charge in [0.2, 0.25) is 6.10 Å². The maximum atomic E-state index is 12.0. The van der Waals surface area contributed by atoms with E-state index < -0.39 is 12.0 Å². The lowest BCUT2D eigenvalue weighted by Gasteiger charge is -2.24. The molecule has 6 nitrogen and oxygen atoms in total. The minimum absolute atomic E-state index is 0.135. The van der Waals surface area contributed by atoms with Crippen LogP contribution in [0.2, 0.25) is 0 Å². The summed E-state index contributed by atoms with van der Waals surface area (Å²) < 4.78 is 17.7. The third-order valence-corrected chi connectivity index (χ3v) is 4.54. The molecule has 8 heteroatoms. The van der Waals surface area contributed by atoms with Crippen molar-refractivity contribution in [2.75, 3.05) is 6.61 Å². The number of hydrogen-bond donors (Lipinski definition) is 1. The Morgan fingerprint density at radius 1 is 1.32 bits per heavy atom. The number of halogens is 2. The second kappa shape index (κ2) is 6.53. The number of nitrogens with zero attached hydrogens (tertiary/aromatic N) is 1. The Kier molecular flexibility index (Phi) is 4.49. The molecule has 0 fully saturated rings. The van der Waals surface area contributed by atoms with E-state index in [1.807, 2.05) is 12.1 Å². The molecule has 1 amide bonds. The standard InChI is InChI=1S/C14H10Br2N2O4/c15-9-5-8(21-13(9)16)6-17-18-14(19)12-7-20-10-3-1-2-4-11(10)22-12/h1-6,12H,7H2,(H,18,19)/b17-6+/t12-/m1/s1. The number of ether oxygens (including phenoxy) is 2. The molecule has 1 N–H and O–H groups in total. The normalized spacial score (nSPS) is 16.7. The first kappa shape index (κ1) is 15.1. The zero-order valence-electron chi connectivity index (χ0n) is 11.1. The number of nitrogens with one attached hydrogen (secondary N) is 1. The van der Waals surface area contributed by atoms with E-state index in [0.717, 1.165) is 4.47 Å². The fraction of sp³-hybridized carbons (Fsp3) is 0.143. The summed E-state index contributed by atoms with van der Waals surface area (Å²) in [6.07, 6.45) is 0.646. The van der Waals surface area contributed by atoms with E-state index in [0.29, 0.717) is 21.9 Å². The molecule has 1 aromatic heterocycles. The average molecular weight is 430 g/mol. The molecule has 0 spiro atoms. The molecule has 1 aliphatic rings. The van der Waals surface area contributed by atoms with E-state index in [1.165, 1.54) is 6.21 Å². The van der Waals surface area contributed by atoms with Crippen molar-refractivity contribution in [1.29, 1.82) is 0 Å². The molecule has 1 atom stereocenters. The largest absolute Gasteiger partial charge is 0.485 e. The van der Waals surface area contributed by atoms with Crippen molar-refractivity contribution in [3.63, 3.8) is 0 Å². The van der Waals surface area contributed by atoms with Gasteiger partial charge in [-0.3, -0.25) is 4.79 Å². The Morgan fingerprint density at radius 3 is 2.82 bits per heavy atom. The van der Waals surface area contributed by atoms with Gasteiger partial charge in [-0.25, -0.2) is 5.43 Å². The first-order valence-corrected chi connectivity index (χ1v) is 7.88. The molecular weight excluding hydrogens is 420 g/mol. The van der Waals surface area contributed by atoms with Crippen LogP contribution in [0.4, 0.5) is 0 Å². The molecule has 0 saturated heterocycles. The Morgan fingerprint density at radius 2 is 2.09 bits per heavy atom. The Labute approximate surface area is 142 Å². The summed E-state index contributed by atoms with van der Waals surface area (Å²) in [6.45, 7) is 0.135. The van der Waals surface area contributed by atoms with Crippen molar-refractivity contribution in [1.82, 2.24) is 5.43 Å². The van der Waals surface area contributed by atoms with Crippen LogP contribution in [0.3, 0.4) is 0 Å². The summed E-state index contributed by atoms with van der Waals surface area (Å²) in [7, 11) is 0. The third-order valence-electron chi connectivity index (χ3n) is 2.83. The molecule has 0 saturated carbocycles. The van der Waals surface area contributed by atoms with Gasteiger partial charge in [-0.1, -0.05) is 12.1 Å². The molecule has 1 aliphatic heterocycles. The van der Waals surface area contributed by atoms with Crippen molar-refractivity contribution in [3.8, 4) is 11.5 Å². The number of amides is 1. The van der Waals surface area contributed by atoms with Crippen LogP contribution >= 0.6 is 31.9 Å². The SMILES string of the molecule is O=C(N/N=C/c1cc(Br)c(Br)o1)[C@H]1COc2ccccc2O1. The quantitative estimate of drug-likeness (QED) is 0.601. The number of furan rings is 1. The number of rotatable bonds is 3. The average Bonchev–Trinajstić information content (AvgIpc) is 2.85. The Balaban J connectivity index is 1.59. The number of hydrogen-bond acceptors (Lipinski definition) is 5. The number of benzene rings is 1. The zero-order chi connectivity index (χ0) is 15.5. The summed E-state index contributed by atoms with van der Waals surface area (Å²) in [6, 6.07) is 8.90. The maximum absolute atomic E-state index is 12.0. The fourth-order valence-corrected chi connectivity index (χ4v) is 2.42. The highest BCUT2D eigenvalue weighted by atomic mass is 79.9. The molecule has 0 aliphatic carbocycles. The number of carbonyl (C=O) groups is 1. The molecule has 1 aromatic carbocycles. The number of para-hydroxylation sites is 2. The molecule has 2 heterocycles. The van der Waals surface area contributed by atoms with Gasteiger partial charge in [-0.05, 0) is 44.0 Å². The summed E-state index contributed by atoms with van der Waals surface area (Å²) in [5.41, 5.74) is 2.40. The molecule has 0 radical (unpaired) electrons. The Bertz CT molecular complexity index is 710. The molecule has 0 unspecified atom stereocenters. The van der Waals surface area contributed by atoms with Gasteiger partial charge in [0.05, 0.1) is 10.7 Å². The molecule has 22 heavy (non-hydrogen) atoms. The maximum Gasteiger partial charge on any atom is 0.284 e. The molecular formula is C14H10Br2N2O4. The smallest absolute Gasteiger partial charge is 0.284 e. The van der Waals surface area contributed by atoms with Crippen LogP contribution in [-0.2, 0) is 4.79 Å². The van der Waals surface area contributed by atoms with E-state index in [-0.39, 0.29) is 6.61 Å². The molecule has 2 aromatic rings. The van der Waals surface area contributed by atoms with E-state index in [9.17, 15) is 4.79 Å². The van der Waals surface area contributed by atoms with E-state index in [2.05, 4.69) is 42.4 Å². The lowest BCUT2D eigenvalue weighted by atomic mass is 10.2. The van der Waals surface area contributed by atoms with Gasteiger partial charge >= 0.3 is 0 Å². The van der Waals surface area contributed by atoms with Crippen molar-refractivity contribution in [2.24, 2.45) is 5.10 Å². The topological polar surface area (TPSA) is 73.1 Å². The molecule has 0 bridgehead atoms. The van der Waals surface area contributed by atoms with E-state index in [1.54, 1.807) is 18.2 Å². The van der Waals surface area contributed by atoms with Crippen molar-refractivity contribution in [2.45, 2.75) is 6.10 Å². The summed E-state index contributed by atoms with van der Waals surface area (Å²) in [5, 5.41) is 3.83. The van der Waals surface area contributed by atoms with Crippen molar-refractivity contribution < 1.29 is 18.7 Å². The summed E-state index contributed by atoms with van der Waals surface area (Å²) in [4.78, 5) is 12.0. The highest BCUT2D eigenvalue weighted by molar-refractivity contribution is 9.13. The predicted octanol–water partition coefficient (Wildman–Crippen LogP) is 3.09. The van der Waals surface area contributed by atoms with E-state index in [4.69, 9.17) is 13.9 Å². The van der Waals surface area contributed by atoms with Crippen molar-refractivity contribution >= 4 is 44.0 Å². The first-order chi connectivity index (χ1) is 10.6. The Hall–Kier alpha value is -1.80. The fourth-order valence-electron chi connectivity index (χ4n) is 1.81. The highest BCUT2D eigenvalue weighted by Crippen LogP contribution is 2.30. The van der Waals surface area contributed by atoms with Gasteiger partial charge in [-0.15, -0.1) is 0 Å². The minimum atomic E-state index is -0.748. The second-order valence-corrected chi connectivity index (χ2v) is 5.94. The van der Waals surface area contributed by atoms with E-state index >= 15 is 0 Å². The van der Waals surface area contributed by atoms with Crippen LogP contribution < -0.4 is 14.9 Å². The van der Waals surface area contributed by atoms with Gasteiger partial charge in [-0.2, -0.15) is 5.10 Å². The van der Waals surface area contributed by atoms with Crippen LogP contribution in [0.15, 0.2) is 49.0 Å². The third kappa shape index (κ3) is 3.33. The molecule has 114 valence electrons. The zero-order valence-corrected chi connectivity index (χ0v) is 14.3. The first-order valence-electron chi connectivity index (χ1n) is 6.30. The van der Waals surface area contributed by atoms with Gasteiger partial charge in [0.25, 0.3) is 5.91 Å². The van der Waals surface area contributed by atoms with Gasteiger partial charge in [0.15, 0.2) is 16.2 Å².